The highest BCUT2D eigenvalue weighted by molar-refractivity contribution is 9.10. The number of carbonyl (C=O) groups is 2. The average molecular weight is 637 g/mol. The van der Waals surface area contributed by atoms with Crippen LogP contribution in [0.4, 0.5) is 14.6 Å². The van der Waals surface area contributed by atoms with E-state index < -0.39 is 17.9 Å². The first-order valence-corrected chi connectivity index (χ1v) is 14.4. The highest BCUT2D eigenvalue weighted by Crippen LogP contribution is 2.34. The van der Waals surface area contributed by atoms with Gasteiger partial charge in [0.05, 0.1) is 24.2 Å². The molecule has 0 bridgehead atoms. The van der Waals surface area contributed by atoms with Crippen molar-refractivity contribution in [2.45, 2.75) is 64.4 Å². The van der Waals surface area contributed by atoms with Gasteiger partial charge in [-0.15, -0.1) is 0 Å². The first-order chi connectivity index (χ1) is 18.8. The van der Waals surface area contributed by atoms with E-state index in [4.69, 9.17) is 16.3 Å². The van der Waals surface area contributed by atoms with Crippen LogP contribution in [0.1, 0.15) is 61.0 Å². The number of benzene rings is 2. The van der Waals surface area contributed by atoms with Crippen molar-refractivity contribution in [1.29, 1.82) is 0 Å². The van der Waals surface area contributed by atoms with Crippen molar-refractivity contribution in [2.75, 3.05) is 24.5 Å². The van der Waals surface area contributed by atoms with Gasteiger partial charge in [-0.3, -0.25) is 9.59 Å². The standard InChI is InChI=1S/C30H33BrClF2N3O3/c1-17-27(21-13-19(31)10-11-25(21)36-28(17)37-15-23(33)24(34)16-37)29(39)35-14-18(20-7-5-6-8-22(20)32)9-12-26(38)40-30(2,3)4/h5-8,10-11,13,18,23-24H,9,12,14-16H2,1-4H3,(H,35,39)/t18?,23-,24+. The van der Waals surface area contributed by atoms with E-state index in [2.05, 4.69) is 26.2 Å². The fourth-order valence-corrected chi connectivity index (χ4v) is 5.63. The molecule has 1 amide bonds. The molecule has 4 rings (SSSR count). The zero-order valence-corrected chi connectivity index (χ0v) is 25.3. The number of aromatic nitrogens is 1. The Labute approximate surface area is 246 Å². The van der Waals surface area contributed by atoms with Crippen molar-refractivity contribution in [1.82, 2.24) is 10.3 Å². The summed E-state index contributed by atoms with van der Waals surface area (Å²) in [5, 5.41) is 4.18. The first kappa shape index (κ1) is 30.2. The number of anilines is 1. The number of nitrogens with one attached hydrogen (secondary N) is 1. The molecule has 1 aliphatic heterocycles. The van der Waals surface area contributed by atoms with E-state index in [1.54, 1.807) is 30.0 Å². The Bertz CT molecular complexity index is 1400. The molecule has 1 N–H and O–H groups in total. The van der Waals surface area contributed by atoms with Crippen molar-refractivity contribution >= 4 is 56.1 Å². The summed E-state index contributed by atoms with van der Waals surface area (Å²) < 4.78 is 34.4. The van der Waals surface area contributed by atoms with Crippen molar-refractivity contribution in [3.8, 4) is 0 Å². The minimum atomic E-state index is -1.61. The van der Waals surface area contributed by atoms with E-state index >= 15 is 0 Å². The molecule has 2 aromatic carbocycles. The summed E-state index contributed by atoms with van der Waals surface area (Å²) in [5.74, 6) is -0.561. The lowest BCUT2D eigenvalue weighted by atomic mass is 9.93. The number of rotatable bonds is 8. The Morgan fingerprint density at radius 2 is 1.85 bits per heavy atom. The summed E-state index contributed by atoms with van der Waals surface area (Å²) >= 11 is 9.97. The van der Waals surface area contributed by atoms with Crippen LogP contribution in [0, 0.1) is 6.92 Å². The maximum absolute atomic E-state index is 14.1. The van der Waals surface area contributed by atoms with Crippen molar-refractivity contribution in [3.63, 3.8) is 0 Å². The number of hydrogen-bond acceptors (Lipinski definition) is 5. The number of halogens is 4. The van der Waals surface area contributed by atoms with E-state index in [9.17, 15) is 18.4 Å². The van der Waals surface area contributed by atoms with E-state index in [0.717, 1.165) is 10.0 Å². The van der Waals surface area contributed by atoms with Gasteiger partial charge >= 0.3 is 5.97 Å². The molecule has 1 unspecified atom stereocenters. The number of fused-ring (bicyclic) bond motifs is 1. The minimum Gasteiger partial charge on any atom is -0.460 e. The molecule has 0 spiro atoms. The Kier molecular flexibility index (Phi) is 9.35. The van der Waals surface area contributed by atoms with Crippen LogP contribution in [0.3, 0.4) is 0 Å². The molecule has 1 aliphatic rings. The van der Waals surface area contributed by atoms with Gasteiger partial charge in [0.25, 0.3) is 5.91 Å². The minimum absolute atomic E-state index is 0.128. The summed E-state index contributed by atoms with van der Waals surface area (Å²) in [4.78, 5) is 32.5. The zero-order chi connectivity index (χ0) is 29.2. The van der Waals surface area contributed by atoms with E-state index in [-0.39, 0.29) is 43.8 Å². The van der Waals surface area contributed by atoms with Crippen molar-refractivity contribution in [2.24, 2.45) is 0 Å². The third kappa shape index (κ3) is 7.10. The van der Waals surface area contributed by atoms with Crippen LogP contribution in [0.2, 0.25) is 5.02 Å². The molecule has 6 nitrogen and oxygen atoms in total. The fourth-order valence-electron chi connectivity index (χ4n) is 4.98. The molecule has 1 saturated heterocycles. The average Bonchev–Trinajstić information content (AvgIpc) is 3.20. The number of pyridine rings is 1. The maximum Gasteiger partial charge on any atom is 0.306 e. The molecule has 40 heavy (non-hydrogen) atoms. The number of hydrogen-bond donors (Lipinski definition) is 1. The van der Waals surface area contributed by atoms with Gasteiger partial charge in [0.15, 0.2) is 12.3 Å². The van der Waals surface area contributed by atoms with Gasteiger partial charge in [0, 0.05) is 39.3 Å². The number of amides is 1. The van der Waals surface area contributed by atoms with Crippen LogP contribution in [-0.4, -0.2) is 54.4 Å². The smallest absolute Gasteiger partial charge is 0.306 e. The molecule has 214 valence electrons. The molecule has 2 heterocycles. The molecule has 3 atom stereocenters. The predicted molar refractivity (Wildman–Crippen MR) is 158 cm³/mol. The van der Waals surface area contributed by atoms with E-state index in [1.165, 1.54) is 0 Å². The summed E-state index contributed by atoms with van der Waals surface area (Å²) in [6.07, 6.45) is -2.66. The van der Waals surface area contributed by atoms with Gasteiger partial charge in [-0.1, -0.05) is 45.7 Å². The van der Waals surface area contributed by atoms with Crippen LogP contribution < -0.4 is 10.2 Å². The highest BCUT2D eigenvalue weighted by atomic mass is 79.9. The van der Waals surface area contributed by atoms with Gasteiger partial charge in [-0.2, -0.15) is 0 Å². The highest BCUT2D eigenvalue weighted by Gasteiger charge is 2.35. The number of carbonyl (C=O) groups excluding carboxylic acids is 2. The third-order valence-corrected chi connectivity index (χ3v) is 7.68. The van der Waals surface area contributed by atoms with Crippen LogP contribution in [0.5, 0.6) is 0 Å². The topological polar surface area (TPSA) is 71.5 Å². The molecular formula is C30H33BrClF2N3O3. The second-order valence-electron chi connectivity index (χ2n) is 11.1. The lowest BCUT2D eigenvalue weighted by Gasteiger charge is -2.24. The molecule has 1 aromatic heterocycles. The van der Waals surface area contributed by atoms with Gasteiger partial charge < -0.3 is 15.0 Å². The maximum atomic E-state index is 14.1. The predicted octanol–water partition coefficient (Wildman–Crippen LogP) is 7.09. The van der Waals surface area contributed by atoms with Gasteiger partial charge in [-0.25, -0.2) is 13.8 Å². The molecule has 10 heteroatoms. The molecule has 0 radical (unpaired) electrons. The Hall–Kier alpha value is -2.78. The van der Waals surface area contributed by atoms with E-state index in [1.807, 2.05) is 45.0 Å². The summed E-state index contributed by atoms with van der Waals surface area (Å²) in [6.45, 7) is 7.14. The van der Waals surface area contributed by atoms with Crippen LogP contribution in [-0.2, 0) is 9.53 Å². The lowest BCUT2D eigenvalue weighted by Crippen LogP contribution is -2.31. The Balaban J connectivity index is 1.63. The van der Waals surface area contributed by atoms with Gasteiger partial charge in [0.2, 0.25) is 0 Å². The number of nitrogens with zero attached hydrogens (tertiary/aromatic N) is 2. The molecule has 0 saturated carbocycles. The zero-order valence-electron chi connectivity index (χ0n) is 22.9. The third-order valence-electron chi connectivity index (χ3n) is 6.84. The Morgan fingerprint density at radius 3 is 2.50 bits per heavy atom. The Morgan fingerprint density at radius 1 is 1.18 bits per heavy atom. The summed E-state index contributed by atoms with van der Waals surface area (Å²) in [5.41, 5.74) is 1.67. The number of esters is 1. The number of alkyl halides is 2. The second kappa shape index (κ2) is 12.4. The lowest BCUT2D eigenvalue weighted by molar-refractivity contribution is -0.155. The monoisotopic (exact) mass is 635 g/mol. The quantitative estimate of drug-likeness (QED) is 0.267. The largest absolute Gasteiger partial charge is 0.460 e. The van der Waals surface area contributed by atoms with Crippen LogP contribution in [0.25, 0.3) is 10.9 Å². The number of ether oxygens (including phenoxy) is 1. The van der Waals surface area contributed by atoms with Gasteiger partial charge in [0.1, 0.15) is 11.4 Å². The van der Waals surface area contributed by atoms with Gasteiger partial charge in [-0.05, 0) is 63.9 Å². The van der Waals surface area contributed by atoms with E-state index in [0.29, 0.717) is 39.3 Å². The first-order valence-electron chi connectivity index (χ1n) is 13.2. The normalized spacial score (nSPS) is 18.1. The fraction of sp³-hybridized carbons (Fsp3) is 0.433. The molecule has 0 aliphatic carbocycles. The molecule has 3 aromatic rings. The SMILES string of the molecule is Cc1c(N2C[C@@H](F)[C@@H](F)C2)nc2ccc(Br)cc2c1C(=O)NCC(CCC(=O)OC(C)(C)C)c1ccccc1Cl. The van der Waals surface area contributed by atoms with Crippen LogP contribution >= 0.6 is 27.5 Å². The van der Waals surface area contributed by atoms with Crippen molar-refractivity contribution in [3.05, 3.63) is 68.7 Å². The van der Waals surface area contributed by atoms with Crippen molar-refractivity contribution < 1.29 is 23.1 Å². The summed E-state index contributed by atoms with van der Waals surface area (Å²) in [6, 6.07) is 12.7. The molecule has 1 fully saturated rings. The summed E-state index contributed by atoms with van der Waals surface area (Å²) in [7, 11) is 0. The van der Waals surface area contributed by atoms with Crippen LogP contribution in [0.15, 0.2) is 46.9 Å². The second-order valence-corrected chi connectivity index (χ2v) is 12.4. The molecular weight excluding hydrogens is 604 g/mol.